The van der Waals surface area contributed by atoms with Gasteiger partial charge in [0, 0.05) is 0 Å². The van der Waals surface area contributed by atoms with Crippen LogP contribution in [0.5, 0.6) is 0 Å². The summed E-state index contributed by atoms with van der Waals surface area (Å²) in [5.74, 6) is 0.0701. The molecule has 0 saturated carbocycles. The zero-order valence-electron chi connectivity index (χ0n) is 13.7. The molecule has 0 aromatic heterocycles. The average molecular weight is 310 g/mol. The molecule has 0 radical (unpaired) electrons. The predicted molar refractivity (Wildman–Crippen MR) is 99.5 cm³/mol. The largest absolute Gasteiger partial charge is 0.290 e. The Kier molecular flexibility index (Phi) is 3.42. The van der Waals surface area contributed by atoms with Crippen LogP contribution in [-0.2, 0) is 11.2 Å². The molecule has 0 atom stereocenters. The van der Waals surface area contributed by atoms with Crippen LogP contribution in [0.1, 0.15) is 29.2 Å². The van der Waals surface area contributed by atoms with Crippen molar-refractivity contribution in [1.29, 1.82) is 0 Å². The molecule has 0 aliphatic heterocycles. The molecule has 2 aromatic carbocycles. The van der Waals surface area contributed by atoms with Crippen molar-refractivity contribution < 1.29 is 4.79 Å². The van der Waals surface area contributed by atoms with Crippen LogP contribution < -0.4 is 0 Å². The van der Waals surface area contributed by atoms with E-state index in [0.717, 1.165) is 28.7 Å². The molecule has 0 fully saturated rings. The summed E-state index contributed by atoms with van der Waals surface area (Å²) in [4.78, 5) is 11.8. The highest BCUT2D eigenvalue weighted by Gasteiger charge is 2.25. The molecule has 0 N–H and O–H groups in total. The Balaban J connectivity index is 2.07. The molecular weight excluding hydrogens is 292 g/mol. The monoisotopic (exact) mass is 310 g/mol. The smallest absolute Gasteiger partial charge is 0.178 e. The highest BCUT2D eigenvalue weighted by atomic mass is 16.1. The van der Waals surface area contributed by atoms with Gasteiger partial charge in [-0.3, -0.25) is 4.79 Å². The van der Waals surface area contributed by atoms with Gasteiger partial charge >= 0.3 is 0 Å². The lowest BCUT2D eigenvalue weighted by molar-refractivity contribution is -0.110. The maximum atomic E-state index is 11.8. The molecule has 0 spiro atoms. The normalized spacial score (nSPS) is 15.7. The molecule has 0 unspecified atom stereocenters. The van der Waals surface area contributed by atoms with Gasteiger partial charge in [0.2, 0.25) is 0 Å². The fourth-order valence-electron chi connectivity index (χ4n) is 3.59. The van der Waals surface area contributed by atoms with Crippen molar-refractivity contribution >= 4 is 16.9 Å². The van der Waals surface area contributed by atoms with Crippen LogP contribution in [0.4, 0.5) is 0 Å². The van der Waals surface area contributed by atoms with Crippen LogP contribution in [0.25, 0.3) is 11.1 Å². The zero-order chi connectivity index (χ0) is 16.7. The predicted octanol–water partition coefficient (Wildman–Crippen LogP) is 5.14. The van der Waals surface area contributed by atoms with E-state index in [2.05, 4.69) is 49.0 Å². The van der Waals surface area contributed by atoms with Gasteiger partial charge in [-0.1, -0.05) is 66.8 Å². The minimum Gasteiger partial charge on any atom is -0.290 e. The lowest BCUT2D eigenvalue weighted by atomic mass is 9.76. The summed E-state index contributed by atoms with van der Waals surface area (Å²) in [5.41, 5.74) is 9.35. The second-order valence-electron chi connectivity index (χ2n) is 6.35. The molecule has 24 heavy (non-hydrogen) atoms. The number of fused-ring (bicyclic) bond motifs is 2. The molecule has 1 heteroatoms. The number of hydrogen-bond donors (Lipinski definition) is 0. The van der Waals surface area contributed by atoms with Gasteiger partial charge in [0.25, 0.3) is 0 Å². The van der Waals surface area contributed by atoms with Crippen molar-refractivity contribution in [3.8, 4) is 0 Å². The quantitative estimate of drug-likeness (QED) is 0.750. The van der Waals surface area contributed by atoms with Gasteiger partial charge in [-0.15, -0.1) is 0 Å². The summed E-state index contributed by atoms with van der Waals surface area (Å²) in [6, 6.07) is 16.8. The molecule has 0 saturated heterocycles. The van der Waals surface area contributed by atoms with Crippen LogP contribution in [0.2, 0.25) is 0 Å². The third-order valence-corrected chi connectivity index (χ3v) is 4.67. The summed E-state index contributed by atoms with van der Waals surface area (Å²) in [6.45, 7) is 6.18. The Labute approximate surface area is 142 Å². The number of hydrogen-bond acceptors (Lipinski definition) is 1. The number of allylic oxidation sites excluding steroid dienone is 6. The summed E-state index contributed by atoms with van der Waals surface area (Å²) in [5, 5.41) is 0. The van der Waals surface area contributed by atoms with E-state index >= 15 is 0 Å². The molecule has 0 bridgehead atoms. The van der Waals surface area contributed by atoms with Gasteiger partial charge in [-0.05, 0) is 64.5 Å². The highest BCUT2D eigenvalue weighted by molar-refractivity contribution is 6.05. The summed E-state index contributed by atoms with van der Waals surface area (Å²) >= 11 is 0. The van der Waals surface area contributed by atoms with Gasteiger partial charge in [0.15, 0.2) is 5.78 Å². The molecule has 0 amide bonds. The first-order valence-corrected chi connectivity index (χ1v) is 8.16. The zero-order valence-corrected chi connectivity index (χ0v) is 13.7. The van der Waals surface area contributed by atoms with E-state index in [0.29, 0.717) is 0 Å². The first kappa shape index (κ1) is 14.6. The second-order valence-corrected chi connectivity index (χ2v) is 6.35. The van der Waals surface area contributed by atoms with E-state index < -0.39 is 0 Å². The van der Waals surface area contributed by atoms with Gasteiger partial charge in [0.05, 0.1) is 0 Å². The van der Waals surface area contributed by atoms with Crippen LogP contribution in [0.3, 0.4) is 0 Å². The topological polar surface area (TPSA) is 17.1 Å². The van der Waals surface area contributed by atoms with Crippen molar-refractivity contribution in [2.75, 3.05) is 0 Å². The van der Waals surface area contributed by atoms with Crippen molar-refractivity contribution in [3.05, 3.63) is 107 Å². The third-order valence-electron chi connectivity index (χ3n) is 4.67. The van der Waals surface area contributed by atoms with Gasteiger partial charge in [-0.2, -0.15) is 0 Å². The standard InChI is InChI=1S/C23H18O/c1-15(2)19-8-5-6-10-22(19)23-20-9-4-3-7-16(20)13-17-14-18(24)11-12-21(17)23/h3-12,14H,1,13H2,2H3. The molecule has 2 aliphatic rings. The van der Waals surface area contributed by atoms with Crippen molar-refractivity contribution in [3.63, 3.8) is 0 Å². The lowest BCUT2D eigenvalue weighted by Crippen LogP contribution is -2.12. The average Bonchev–Trinajstić information content (AvgIpc) is 2.59. The first-order valence-electron chi connectivity index (χ1n) is 8.16. The maximum absolute atomic E-state index is 11.8. The molecule has 4 rings (SSSR count). The fraction of sp³-hybridized carbons (Fsp3) is 0.0870. The van der Waals surface area contributed by atoms with E-state index in [1.54, 1.807) is 12.2 Å². The molecule has 2 aromatic rings. The molecule has 2 aliphatic carbocycles. The van der Waals surface area contributed by atoms with E-state index in [1.807, 2.05) is 19.1 Å². The van der Waals surface area contributed by atoms with E-state index in [1.165, 1.54) is 22.3 Å². The van der Waals surface area contributed by atoms with E-state index in [-0.39, 0.29) is 5.78 Å². The third kappa shape index (κ3) is 2.30. The summed E-state index contributed by atoms with van der Waals surface area (Å²) < 4.78 is 0. The minimum absolute atomic E-state index is 0.0701. The van der Waals surface area contributed by atoms with Crippen molar-refractivity contribution in [2.45, 2.75) is 13.3 Å². The van der Waals surface area contributed by atoms with Crippen LogP contribution in [0.15, 0.2) is 84.5 Å². The fourth-order valence-corrected chi connectivity index (χ4v) is 3.59. The Bertz CT molecular complexity index is 967. The van der Waals surface area contributed by atoms with Crippen molar-refractivity contribution in [1.82, 2.24) is 0 Å². The van der Waals surface area contributed by atoms with Gasteiger partial charge < -0.3 is 0 Å². The van der Waals surface area contributed by atoms with Crippen LogP contribution in [0, 0.1) is 0 Å². The van der Waals surface area contributed by atoms with Gasteiger partial charge in [-0.25, -0.2) is 0 Å². The minimum atomic E-state index is 0.0701. The van der Waals surface area contributed by atoms with Crippen LogP contribution >= 0.6 is 0 Å². The maximum Gasteiger partial charge on any atom is 0.178 e. The van der Waals surface area contributed by atoms with Gasteiger partial charge in [0.1, 0.15) is 0 Å². The highest BCUT2D eigenvalue weighted by Crippen LogP contribution is 2.42. The number of carbonyl (C=O) groups is 1. The number of rotatable bonds is 2. The van der Waals surface area contributed by atoms with Crippen molar-refractivity contribution in [2.24, 2.45) is 0 Å². The Hall–Kier alpha value is -2.93. The number of benzene rings is 2. The number of ketones is 1. The Morgan fingerprint density at radius 1 is 0.958 bits per heavy atom. The Morgan fingerprint density at radius 2 is 1.67 bits per heavy atom. The molecular formula is C23H18O. The molecule has 0 heterocycles. The first-order chi connectivity index (χ1) is 11.6. The molecule has 116 valence electrons. The molecule has 1 nitrogen and oxygen atoms in total. The SMILES string of the molecule is C=C(C)c1ccccc1C1=C2C=CC(=O)C=C2Cc2ccccc21. The number of carbonyl (C=O) groups excluding carboxylic acids is 1. The second kappa shape index (κ2) is 5.61. The van der Waals surface area contributed by atoms with Crippen LogP contribution in [-0.4, -0.2) is 5.78 Å². The summed E-state index contributed by atoms with van der Waals surface area (Å²) in [6.07, 6.45) is 6.21. The van der Waals surface area contributed by atoms with E-state index in [4.69, 9.17) is 0 Å². The summed E-state index contributed by atoms with van der Waals surface area (Å²) in [7, 11) is 0. The lowest BCUT2D eigenvalue weighted by Gasteiger charge is -2.27. The van der Waals surface area contributed by atoms with E-state index in [9.17, 15) is 4.79 Å². The Morgan fingerprint density at radius 3 is 2.46 bits per heavy atom.